The molecule has 1 aromatic rings. The van der Waals surface area contributed by atoms with E-state index in [-0.39, 0.29) is 0 Å². The van der Waals surface area contributed by atoms with Gasteiger partial charge in [-0.3, -0.25) is 9.89 Å². The predicted molar refractivity (Wildman–Crippen MR) is 74.4 cm³/mol. The van der Waals surface area contributed by atoms with E-state index in [0.29, 0.717) is 12.0 Å². The molecule has 0 aromatic heterocycles. The smallest absolute Gasteiger partial charge is 0.0588 e. The minimum Gasteiger partial charge on any atom is -0.398 e. The van der Waals surface area contributed by atoms with E-state index in [0.717, 1.165) is 31.8 Å². The van der Waals surface area contributed by atoms with Crippen LogP contribution in [0.1, 0.15) is 12.0 Å². The van der Waals surface area contributed by atoms with E-state index in [9.17, 15) is 0 Å². The van der Waals surface area contributed by atoms with Crippen LogP contribution in [-0.4, -0.2) is 30.2 Å². The topological polar surface area (TPSA) is 41.6 Å². The number of dihydropyridines is 1. The maximum atomic E-state index is 5.83. The van der Waals surface area contributed by atoms with Crippen LogP contribution >= 0.6 is 0 Å². The van der Waals surface area contributed by atoms with Crippen LogP contribution in [0.4, 0.5) is 0 Å². The fraction of sp³-hybridized carbons (Fsp3) is 0.400. The van der Waals surface area contributed by atoms with Crippen LogP contribution < -0.4 is 5.73 Å². The van der Waals surface area contributed by atoms with Crippen molar-refractivity contribution in [2.24, 2.45) is 16.6 Å². The lowest BCUT2D eigenvalue weighted by molar-refractivity contribution is 0.171. The largest absolute Gasteiger partial charge is 0.398 e. The van der Waals surface area contributed by atoms with Gasteiger partial charge < -0.3 is 5.73 Å². The average Bonchev–Trinajstić information content (AvgIpc) is 2.39. The van der Waals surface area contributed by atoms with Crippen LogP contribution in [0.15, 0.2) is 47.1 Å². The monoisotopic (exact) mass is 241 g/mol. The van der Waals surface area contributed by atoms with Crippen molar-refractivity contribution < 1.29 is 0 Å². The number of rotatable bonds is 2. The SMILES string of the molecule is NC1=CC2CN(Cc3ccccc3)CCC2N=C1. The third-order valence-corrected chi connectivity index (χ3v) is 3.77. The molecule has 2 aliphatic rings. The fourth-order valence-electron chi connectivity index (χ4n) is 2.85. The molecule has 2 N–H and O–H groups in total. The molecule has 1 saturated heterocycles. The van der Waals surface area contributed by atoms with E-state index in [2.05, 4.69) is 46.3 Å². The van der Waals surface area contributed by atoms with Gasteiger partial charge in [0.1, 0.15) is 0 Å². The number of benzene rings is 1. The molecule has 2 unspecified atom stereocenters. The molecule has 0 radical (unpaired) electrons. The van der Waals surface area contributed by atoms with E-state index in [1.54, 1.807) is 0 Å². The van der Waals surface area contributed by atoms with Crippen molar-refractivity contribution in [3.05, 3.63) is 47.7 Å². The quantitative estimate of drug-likeness (QED) is 0.858. The number of aliphatic imine (C=N–C) groups is 1. The van der Waals surface area contributed by atoms with Gasteiger partial charge in [-0.2, -0.15) is 0 Å². The first kappa shape index (κ1) is 11.5. The van der Waals surface area contributed by atoms with Crippen LogP contribution in [0.25, 0.3) is 0 Å². The molecule has 1 fully saturated rings. The Labute approximate surface area is 108 Å². The molecule has 3 nitrogen and oxygen atoms in total. The van der Waals surface area contributed by atoms with Gasteiger partial charge in [0, 0.05) is 37.5 Å². The van der Waals surface area contributed by atoms with Gasteiger partial charge in [-0.25, -0.2) is 0 Å². The van der Waals surface area contributed by atoms with Gasteiger partial charge in [0.05, 0.1) is 6.04 Å². The number of fused-ring (bicyclic) bond motifs is 1. The van der Waals surface area contributed by atoms with Crippen molar-refractivity contribution in [2.75, 3.05) is 13.1 Å². The summed E-state index contributed by atoms with van der Waals surface area (Å²) >= 11 is 0. The molecule has 0 aliphatic carbocycles. The molecule has 0 saturated carbocycles. The number of nitrogens with two attached hydrogens (primary N) is 1. The van der Waals surface area contributed by atoms with E-state index in [4.69, 9.17) is 5.73 Å². The lowest BCUT2D eigenvalue weighted by Gasteiger charge is -2.36. The maximum absolute atomic E-state index is 5.83. The first-order valence-electron chi connectivity index (χ1n) is 6.58. The van der Waals surface area contributed by atoms with Crippen molar-refractivity contribution in [1.82, 2.24) is 4.90 Å². The Bertz CT molecular complexity index is 464. The van der Waals surface area contributed by atoms with E-state index in [1.807, 2.05) is 6.21 Å². The Morgan fingerprint density at radius 1 is 1.28 bits per heavy atom. The zero-order chi connectivity index (χ0) is 12.4. The van der Waals surface area contributed by atoms with Gasteiger partial charge in [-0.05, 0) is 12.0 Å². The number of hydrogen-bond donors (Lipinski definition) is 1. The zero-order valence-corrected chi connectivity index (χ0v) is 10.5. The second-order valence-electron chi connectivity index (χ2n) is 5.19. The lowest BCUT2D eigenvalue weighted by Crippen LogP contribution is -2.42. The standard InChI is InChI=1S/C15H19N3/c16-14-8-13-11-18(7-6-15(13)17-9-14)10-12-4-2-1-3-5-12/h1-5,8-9,13,15H,6-7,10-11,16H2. The number of nitrogens with zero attached hydrogens (tertiary/aromatic N) is 2. The number of hydrogen-bond acceptors (Lipinski definition) is 3. The number of likely N-dealkylation sites (tertiary alicyclic amines) is 1. The van der Waals surface area contributed by atoms with Crippen LogP contribution in [-0.2, 0) is 6.54 Å². The summed E-state index contributed by atoms with van der Waals surface area (Å²) in [5.74, 6) is 0.493. The van der Waals surface area contributed by atoms with Crippen LogP contribution in [0.5, 0.6) is 0 Å². The first-order chi connectivity index (χ1) is 8.81. The van der Waals surface area contributed by atoms with Crippen LogP contribution in [0, 0.1) is 5.92 Å². The molecule has 2 heterocycles. The molecule has 3 rings (SSSR count). The minimum atomic E-state index is 0.448. The highest BCUT2D eigenvalue weighted by atomic mass is 15.1. The van der Waals surface area contributed by atoms with Crippen molar-refractivity contribution in [3.63, 3.8) is 0 Å². The molecule has 0 spiro atoms. The molecular formula is C15H19N3. The second-order valence-corrected chi connectivity index (χ2v) is 5.19. The van der Waals surface area contributed by atoms with Crippen LogP contribution in [0.2, 0.25) is 0 Å². The van der Waals surface area contributed by atoms with Gasteiger partial charge in [-0.15, -0.1) is 0 Å². The van der Waals surface area contributed by atoms with Crippen LogP contribution in [0.3, 0.4) is 0 Å². The molecule has 1 aromatic carbocycles. The number of allylic oxidation sites excluding steroid dienone is 1. The molecule has 94 valence electrons. The molecule has 0 amide bonds. The highest BCUT2D eigenvalue weighted by Crippen LogP contribution is 2.25. The summed E-state index contributed by atoms with van der Waals surface area (Å²) in [6.07, 6.45) is 5.13. The van der Waals surface area contributed by atoms with Gasteiger partial charge in [0.15, 0.2) is 0 Å². The van der Waals surface area contributed by atoms with Crippen molar-refractivity contribution in [3.8, 4) is 0 Å². The van der Waals surface area contributed by atoms with Gasteiger partial charge in [0.25, 0.3) is 0 Å². The van der Waals surface area contributed by atoms with E-state index < -0.39 is 0 Å². The minimum absolute atomic E-state index is 0.448. The predicted octanol–water partition coefficient (Wildman–Crippen LogP) is 1.80. The molecule has 0 bridgehead atoms. The summed E-state index contributed by atoms with van der Waals surface area (Å²) in [5.41, 5.74) is 8.03. The summed E-state index contributed by atoms with van der Waals surface area (Å²) in [6, 6.07) is 11.1. The van der Waals surface area contributed by atoms with E-state index in [1.165, 1.54) is 5.56 Å². The van der Waals surface area contributed by atoms with Gasteiger partial charge in [0.2, 0.25) is 0 Å². The van der Waals surface area contributed by atoms with Gasteiger partial charge >= 0.3 is 0 Å². The summed E-state index contributed by atoms with van der Waals surface area (Å²) < 4.78 is 0. The Hall–Kier alpha value is -1.61. The molecule has 2 atom stereocenters. The molecule has 18 heavy (non-hydrogen) atoms. The van der Waals surface area contributed by atoms with Crippen molar-refractivity contribution in [2.45, 2.75) is 19.0 Å². The summed E-state index contributed by atoms with van der Waals surface area (Å²) in [5, 5.41) is 0. The zero-order valence-electron chi connectivity index (χ0n) is 10.5. The maximum Gasteiger partial charge on any atom is 0.0588 e. The average molecular weight is 241 g/mol. The van der Waals surface area contributed by atoms with Crippen molar-refractivity contribution >= 4 is 6.21 Å². The Morgan fingerprint density at radius 2 is 2.11 bits per heavy atom. The fourth-order valence-corrected chi connectivity index (χ4v) is 2.85. The highest BCUT2D eigenvalue weighted by molar-refractivity contribution is 5.78. The Morgan fingerprint density at radius 3 is 2.94 bits per heavy atom. The van der Waals surface area contributed by atoms with Crippen molar-refractivity contribution in [1.29, 1.82) is 0 Å². The molecule has 3 heteroatoms. The second kappa shape index (κ2) is 4.94. The lowest BCUT2D eigenvalue weighted by atomic mass is 9.90. The normalized spacial score (nSPS) is 27.7. The molecular weight excluding hydrogens is 222 g/mol. The van der Waals surface area contributed by atoms with Gasteiger partial charge in [-0.1, -0.05) is 36.4 Å². The molecule has 2 aliphatic heterocycles. The Kier molecular flexibility index (Phi) is 3.15. The summed E-state index contributed by atoms with van der Waals surface area (Å²) in [4.78, 5) is 7.03. The van der Waals surface area contributed by atoms with E-state index >= 15 is 0 Å². The third kappa shape index (κ3) is 2.46. The summed E-state index contributed by atoms with van der Waals surface area (Å²) in [7, 11) is 0. The number of piperidine rings is 1. The Balaban J connectivity index is 1.65. The summed E-state index contributed by atoms with van der Waals surface area (Å²) in [6.45, 7) is 3.22. The third-order valence-electron chi connectivity index (χ3n) is 3.77. The first-order valence-corrected chi connectivity index (χ1v) is 6.58. The highest BCUT2D eigenvalue weighted by Gasteiger charge is 2.28.